The van der Waals surface area contributed by atoms with E-state index in [4.69, 9.17) is 0 Å². The predicted octanol–water partition coefficient (Wildman–Crippen LogP) is -0.240. The van der Waals surface area contributed by atoms with E-state index in [9.17, 15) is 0 Å². The Morgan fingerprint density at radius 2 is 2.00 bits per heavy atom. The van der Waals surface area contributed by atoms with Crippen molar-refractivity contribution < 1.29 is 0 Å². The number of imidazole rings is 1. The summed E-state index contributed by atoms with van der Waals surface area (Å²) in [7, 11) is 2.18. The van der Waals surface area contributed by atoms with E-state index < -0.39 is 0 Å². The summed E-state index contributed by atoms with van der Waals surface area (Å²) in [6.45, 7) is 7.49. The van der Waals surface area contributed by atoms with E-state index in [2.05, 4.69) is 32.1 Å². The van der Waals surface area contributed by atoms with Gasteiger partial charge < -0.3 is 15.2 Å². The summed E-state index contributed by atoms with van der Waals surface area (Å²) < 4.78 is 0. The third-order valence-electron chi connectivity index (χ3n) is 3.48. The van der Waals surface area contributed by atoms with Gasteiger partial charge in [0.05, 0.1) is 17.9 Å². The van der Waals surface area contributed by atoms with Crippen LogP contribution in [0.4, 0.5) is 0 Å². The summed E-state index contributed by atoms with van der Waals surface area (Å²) in [5.74, 6) is 1.14. The Kier molecular flexibility index (Phi) is 2.67. The number of nitrogens with one attached hydrogen (secondary N) is 2. The molecule has 3 rings (SSSR count). The second-order valence-electron chi connectivity index (χ2n) is 4.79. The van der Waals surface area contributed by atoms with Gasteiger partial charge in [0.25, 0.3) is 0 Å². The normalized spacial score (nSPS) is 22.6. The van der Waals surface area contributed by atoms with E-state index in [0.717, 1.165) is 38.5 Å². The lowest BCUT2D eigenvalue weighted by Crippen LogP contribution is -2.44. The van der Waals surface area contributed by atoms with Gasteiger partial charge in [0, 0.05) is 39.3 Å². The number of likely N-dealkylation sites (N-methyl/N-ethyl adjacent to an activating group) is 1. The van der Waals surface area contributed by atoms with E-state index in [1.165, 1.54) is 24.5 Å². The van der Waals surface area contributed by atoms with Crippen LogP contribution in [0.15, 0.2) is 0 Å². The molecule has 1 aromatic rings. The van der Waals surface area contributed by atoms with Crippen molar-refractivity contribution in [3.8, 4) is 0 Å². The maximum atomic E-state index is 4.63. The molecule has 0 saturated carbocycles. The first-order valence-electron chi connectivity index (χ1n) is 5.99. The van der Waals surface area contributed by atoms with Crippen LogP contribution in [0.3, 0.4) is 0 Å². The molecule has 2 aliphatic rings. The van der Waals surface area contributed by atoms with Gasteiger partial charge in [-0.2, -0.15) is 0 Å². The fourth-order valence-corrected chi connectivity index (χ4v) is 2.40. The molecule has 3 heterocycles. The van der Waals surface area contributed by atoms with Crippen molar-refractivity contribution in [2.75, 3.05) is 33.2 Å². The van der Waals surface area contributed by atoms with E-state index >= 15 is 0 Å². The van der Waals surface area contributed by atoms with Crippen LogP contribution >= 0.6 is 0 Å². The highest BCUT2D eigenvalue weighted by Gasteiger charge is 2.18. The lowest BCUT2D eigenvalue weighted by molar-refractivity contribution is 0.145. The second-order valence-corrected chi connectivity index (χ2v) is 4.79. The lowest BCUT2D eigenvalue weighted by Gasteiger charge is -2.31. The number of hydrogen-bond acceptors (Lipinski definition) is 4. The number of hydrogen-bond donors (Lipinski definition) is 2. The summed E-state index contributed by atoms with van der Waals surface area (Å²) in [4.78, 5) is 12.9. The zero-order valence-electron chi connectivity index (χ0n) is 9.79. The Morgan fingerprint density at radius 3 is 2.75 bits per heavy atom. The van der Waals surface area contributed by atoms with Crippen LogP contribution in [-0.2, 0) is 19.6 Å². The Hall–Kier alpha value is -0.910. The maximum Gasteiger partial charge on any atom is 0.120 e. The number of rotatable bonds is 2. The number of H-pyrrole nitrogens is 1. The summed E-state index contributed by atoms with van der Waals surface area (Å²) >= 11 is 0. The zero-order chi connectivity index (χ0) is 11.0. The average Bonchev–Trinajstić information content (AvgIpc) is 2.81. The molecule has 0 bridgehead atoms. The van der Waals surface area contributed by atoms with Crippen LogP contribution in [0.25, 0.3) is 0 Å². The molecule has 2 aliphatic heterocycles. The van der Waals surface area contributed by atoms with Gasteiger partial charge in [-0.05, 0) is 7.05 Å². The molecule has 88 valence electrons. The number of fused-ring (bicyclic) bond motifs is 1. The van der Waals surface area contributed by atoms with Gasteiger partial charge in [-0.3, -0.25) is 4.90 Å². The Morgan fingerprint density at radius 1 is 1.19 bits per heavy atom. The van der Waals surface area contributed by atoms with Gasteiger partial charge in [0.15, 0.2) is 0 Å². The van der Waals surface area contributed by atoms with E-state index in [1.807, 2.05) is 0 Å². The molecule has 0 atom stereocenters. The molecule has 2 N–H and O–H groups in total. The average molecular weight is 221 g/mol. The lowest BCUT2D eigenvalue weighted by atomic mass is 10.3. The minimum Gasteiger partial charge on any atom is -0.343 e. The number of nitrogens with zero attached hydrogens (tertiary/aromatic N) is 3. The summed E-state index contributed by atoms with van der Waals surface area (Å²) in [5, 5.41) is 3.29. The maximum absolute atomic E-state index is 4.63. The molecule has 0 aromatic carbocycles. The van der Waals surface area contributed by atoms with Gasteiger partial charge >= 0.3 is 0 Å². The number of piperazine rings is 1. The standard InChI is InChI=1S/C11H19N5/c1-15-2-4-16(5-3-15)8-11-13-9-6-12-7-10(9)14-11/h12H,2-8H2,1H3,(H,13,14). The van der Waals surface area contributed by atoms with Gasteiger partial charge in [-0.15, -0.1) is 0 Å². The van der Waals surface area contributed by atoms with Gasteiger partial charge in [-0.25, -0.2) is 4.98 Å². The van der Waals surface area contributed by atoms with Crippen molar-refractivity contribution >= 4 is 0 Å². The second kappa shape index (κ2) is 4.16. The molecule has 5 heteroatoms. The van der Waals surface area contributed by atoms with Crippen molar-refractivity contribution in [1.29, 1.82) is 0 Å². The van der Waals surface area contributed by atoms with E-state index in [-0.39, 0.29) is 0 Å². The van der Waals surface area contributed by atoms with E-state index in [0.29, 0.717) is 0 Å². The van der Waals surface area contributed by atoms with Crippen molar-refractivity contribution in [2.24, 2.45) is 0 Å². The van der Waals surface area contributed by atoms with Crippen molar-refractivity contribution in [2.45, 2.75) is 19.6 Å². The van der Waals surface area contributed by atoms with Crippen LogP contribution in [0, 0.1) is 0 Å². The number of aromatic nitrogens is 2. The molecule has 0 aliphatic carbocycles. The molecule has 0 spiro atoms. The van der Waals surface area contributed by atoms with Crippen LogP contribution in [0.5, 0.6) is 0 Å². The molecular formula is C11H19N5. The molecule has 16 heavy (non-hydrogen) atoms. The van der Waals surface area contributed by atoms with Crippen molar-refractivity contribution in [3.63, 3.8) is 0 Å². The highest BCUT2D eigenvalue weighted by Crippen LogP contribution is 2.13. The van der Waals surface area contributed by atoms with E-state index in [1.54, 1.807) is 0 Å². The highest BCUT2D eigenvalue weighted by molar-refractivity contribution is 5.18. The number of aromatic amines is 1. The van der Waals surface area contributed by atoms with Gasteiger partial charge in [0.2, 0.25) is 0 Å². The van der Waals surface area contributed by atoms with Crippen molar-refractivity contribution in [3.05, 3.63) is 17.2 Å². The molecular weight excluding hydrogens is 202 g/mol. The Bertz CT molecular complexity index is 343. The molecule has 5 nitrogen and oxygen atoms in total. The first-order valence-corrected chi connectivity index (χ1v) is 5.99. The van der Waals surface area contributed by atoms with Gasteiger partial charge in [-0.1, -0.05) is 0 Å². The molecule has 1 fully saturated rings. The first kappa shape index (κ1) is 10.3. The smallest absolute Gasteiger partial charge is 0.120 e. The summed E-state index contributed by atoms with van der Waals surface area (Å²) in [6, 6.07) is 0. The van der Waals surface area contributed by atoms with Crippen molar-refractivity contribution in [1.82, 2.24) is 25.1 Å². The Labute approximate surface area is 95.8 Å². The first-order chi connectivity index (χ1) is 7.81. The van der Waals surface area contributed by atoms with Crippen LogP contribution in [-0.4, -0.2) is 53.0 Å². The zero-order valence-corrected chi connectivity index (χ0v) is 9.79. The highest BCUT2D eigenvalue weighted by atomic mass is 15.3. The van der Waals surface area contributed by atoms with Gasteiger partial charge in [0.1, 0.15) is 5.82 Å². The predicted molar refractivity (Wildman–Crippen MR) is 61.9 cm³/mol. The summed E-state index contributed by atoms with van der Waals surface area (Å²) in [5.41, 5.74) is 2.49. The molecule has 0 radical (unpaired) electrons. The molecule has 0 amide bonds. The third-order valence-corrected chi connectivity index (χ3v) is 3.48. The topological polar surface area (TPSA) is 47.2 Å². The fraction of sp³-hybridized carbons (Fsp3) is 0.727. The van der Waals surface area contributed by atoms with Crippen LogP contribution in [0.1, 0.15) is 17.2 Å². The van der Waals surface area contributed by atoms with Crippen LogP contribution < -0.4 is 5.32 Å². The fourth-order valence-electron chi connectivity index (χ4n) is 2.40. The quantitative estimate of drug-likeness (QED) is 0.723. The Balaban J connectivity index is 1.61. The SMILES string of the molecule is CN1CCN(Cc2nc3c([nH]2)CNC3)CC1. The molecule has 1 aromatic heterocycles. The molecule has 0 unspecified atom stereocenters. The minimum absolute atomic E-state index is 0.925. The monoisotopic (exact) mass is 221 g/mol. The third kappa shape index (κ3) is 1.98. The molecule has 1 saturated heterocycles. The minimum atomic E-state index is 0.925. The van der Waals surface area contributed by atoms with Crippen LogP contribution in [0.2, 0.25) is 0 Å². The summed E-state index contributed by atoms with van der Waals surface area (Å²) in [6.07, 6.45) is 0. The largest absolute Gasteiger partial charge is 0.343 e.